The number of methoxy groups -OCH3 is 1. The minimum atomic E-state index is -0.161. The van der Waals surface area contributed by atoms with Gasteiger partial charge in [-0.05, 0) is 62.1 Å². The Bertz CT molecular complexity index is 898. The lowest BCUT2D eigenvalue weighted by Gasteiger charge is -2.06. The Morgan fingerprint density at radius 1 is 1.04 bits per heavy atom. The zero-order valence-corrected chi connectivity index (χ0v) is 15.3. The van der Waals surface area contributed by atoms with Gasteiger partial charge in [-0.15, -0.1) is 0 Å². The number of hydrogen-bond donors (Lipinski definition) is 2. The highest BCUT2D eigenvalue weighted by Gasteiger charge is 2.09. The molecule has 2 N–H and O–H groups in total. The van der Waals surface area contributed by atoms with E-state index < -0.39 is 0 Å². The van der Waals surface area contributed by atoms with E-state index in [4.69, 9.17) is 4.74 Å². The topological polar surface area (TPSA) is 67.0 Å². The van der Waals surface area contributed by atoms with Gasteiger partial charge >= 0.3 is 0 Å². The van der Waals surface area contributed by atoms with E-state index >= 15 is 0 Å². The summed E-state index contributed by atoms with van der Waals surface area (Å²) in [6, 6.07) is 15.5. The van der Waals surface area contributed by atoms with Crippen LogP contribution in [-0.4, -0.2) is 23.2 Å². The van der Waals surface area contributed by atoms with E-state index in [2.05, 4.69) is 28.5 Å². The number of aryl methyl sites for hydroxylation is 4. The fourth-order valence-electron chi connectivity index (χ4n) is 2.81. The van der Waals surface area contributed by atoms with Crippen molar-refractivity contribution in [3.63, 3.8) is 0 Å². The van der Waals surface area contributed by atoms with Crippen LogP contribution in [0.4, 0.5) is 5.82 Å². The lowest BCUT2D eigenvalue weighted by atomic mass is 10.1. The van der Waals surface area contributed by atoms with E-state index in [0.717, 1.165) is 29.8 Å². The predicted molar refractivity (Wildman–Crippen MR) is 103 cm³/mol. The fraction of sp³-hybridized carbons (Fsp3) is 0.238. The van der Waals surface area contributed by atoms with Crippen LogP contribution in [0.15, 0.2) is 48.5 Å². The largest absolute Gasteiger partial charge is 0.497 e. The second-order valence-electron chi connectivity index (χ2n) is 6.46. The van der Waals surface area contributed by atoms with Crippen LogP contribution >= 0.6 is 0 Å². The Labute approximate surface area is 153 Å². The van der Waals surface area contributed by atoms with Crippen LogP contribution in [0.25, 0.3) is 0 Å². The van der Waals surface area contributed by atoms with E-state index in [1.54, 1.807) is 7.11 Å². The minimum Gasteiger partial charge on any atom is -0.497 e. The molecule has 0 aliphatic rings. The molecule has 0 radical (unpaired) electrons. The van der Waals surface area contributed by atoms with Crippen molar-refractivity contribution in [1.82, 2.24) is 10.2 Å². The maximum absolute atomic E-state index is 12.2. The number of benzene rings is 2. The second kappa shape index (κ2) is 7.87. The molecular formula is C21H23N3O2. The third kappa shape index (κ3) is 4.51. The Kier molecular flexibility index (Phi) is 5.37. The average molecular weight is 349 g/mol. The van der Waals surface area contributed by atoms with Crippen molar-refractivity contribution in [2.45, 2.75) is 26.7 Å². The number of hydrogen-bond acceptors (Lipinski definition) is 3. The molecule has 5 heteroatoms. The molecular weight excluding hydrogens is 326 g/mol. The monoisotopic (exact) mass is 349 g/mol. The summed E-state index contributed by atoms with van der Waals surface area (Å²) in [7, 11) is 1.68. The summed E-state index contributed by atoms with van der Waals surface area (Å²) in [4.78, 5) is 12.2. The quantitative estimate of drug-likeness (QED) is 0.705. The van der Waals surface area contributed by atoms with Crippen LogP contribution in [0.3, 0.4) is 0 Å². The first-order valence-corrected chi connectivity index (χ1v) is 8.60. The summed E-state index contributed by atoms with van der Waals surface area (Å²) in [6.45, 7) is 4.05. The predicted octanol–water partition coefficient (Wildman–Crippen LogP) is 4.07. The van der Waals surface area contributed by atoms with E-state index in [0.29, 0.717) is 11.4 Å². The molecule has 0 aliphatic heterocycles. The molecule has 0 spiro atoms. The number of anilines is 1. The maximum atomic E-state index is 12.2. The average Bonchev–Trinajstić information content (AvgIpc) is 3.07. The van der Waals surface area contributed by atoms with Gasteiger partial charge in [0.2, 0.25) is 0 Å². The molecule has 0 unspecified atom stereocenters. The molecule has 26 heavy (non-hydrogen) atoms. The molecule has 0 atom stereocenters. The number of nitrogens with one attached hydrogen (secondary N) is 2. The maximum Gasteiger partial charge on any atom is 0.256 e. The normalized spacial score (nSPS) is 10.6. The van der Waals surface area contributed by atoms with Crippen LogP contribution in [0, 0.1) is 13.8 Å². The summed E-state index contributed by atoms with van der Waals surface area (Å²) in [5.41, 5.74) is 5.10. The van der Waals surface area contributed by atoms with Gasteiger partial charge in [-0.2, -0.15) is 5.10 Å². The van der Waals surface area contributed by atoms with Crippen molar-refractivity contribution < 1.29 is 9.53 Å². The first-order valence-electron chi connectivity index (χ1n) is 8.60. The molecule has 3 aromatic rings. The van der Waals surface area contributed by atoms with E-state index in [1.807, 2.05) is 49.4 Å². The number of nitrogens with zero attached hydrogens (tertiary/aromatic N) is 1. The Morgan fingerprint density at radius 2 is 1.81 bits per heavy atom. The summed E-state index contributed by atoms with van der Waals surface area (Å²) in [5.74, 6) is 1.24. The minimum absolute atomic E-state index is 0.161. The summed E-state index contributed by atoms with van der Waals surface area (Å²) < 4.78 is 5.32. The molecule has 1 aromatic heterocycles. The highest BCUT2D eigenvalue weighted by atomic mass is 16.5. The van der Waals surface area contributed by atoms with Crippen LogP contribution in [0.5, 0.6) is 5.75 Å². The number of aromatic amines is 1. The lowest BCUT2D eigenvalue weighted by Crippen LogP contribution is -2.11. The van der Waals surface area contributed by atoms with Gasteiger partial charge < -0.3 is 10.1 Å². The van der Waals surface area contributed by atoms with Crippen molar-refractivity contribution in [2.24, 2.45) is 0 Å². The molecule has 5 nitrogen and oxygen atoms in total. The number of aromatic nitrogens is 2. The number of rotatable bonds is 6. The van der Waals surface area contributed by atoms with Crippen molar-refractivity contribution in [3.05, 3.63) is 76.5 Å². The number of ether oxygens (including phenoxy) is 1. The number of carbonyl (C=O) groups is 1. The van der Waals surface area contributed by atoms with E-state index in [9.17, 15) is 4.79 Å². The smallest absolute Gasteiger partial charge is 0.256 e. The lowest BCUT2D eigenvalue weighted by molar-refractivity contribution is 0.102. The van der Waals surface area contributed by atoms with Crippen LogP contribution in [-0.2, 0) is 12.8 Å². The van der Waals surface area contributed by atoms with E-state index in [-0.39, 0.29) is 5.91 Å². The first-order chi connectivity index (χ1) is 12.5. The van der Waals surface area contributed by atoms with Gasteiger partial charge in [-0.1, -0.05) is 23.8 Å². The van der Waals surface area contributed by atoms with Crippen LogP contribution < -0.4 is 10.1 Å². The third-order valence-corrected chi connectivity index (χ3v) is 4.22. The molecule has 3 rings (SSSR count). The van der Waals surface area contributed by atoms with Crippen molar-refractivity contribution in [3.8, 4) is 5.75 Å². The molecule has 1 heterocycles. The second-order valence-corrected chi connectivity index (χ2v) is 6.46. The Morgan fingerprint density at radius 3 is 2.54 bits per heavy atom. The Balaban J connectivity index is 1.60. The number of carbonyl (C=O) groups excluding carboxylic acids is 1. The van der Waals surface area contributed by atoms with Gasteiger partial charge in [0.05, 0.1) is 7.11 Å². The van der Waals surface area contributed by atoms with Gasteiger partial charge in [0.15, 0.2) is 5.82 Å². The molecule has 0 aliphatic carbocycles. The standard InChI is InChI=1S/C21H23N3O2/c1-14-4-7-17(8-5-14)21(25)22-20-13-18(23-24-20)9-6-16-10-15(2)11-19(12-16)26-3/h4-5,7-8,10-13H,6,9H2,1-3H3,(H2,22,23,24,25). The molecule has 2 aromatic carbocycles. The third-order valence-electron chi connectivity index (χ3n) is 4.22. The van der Waals surface area contributed by atoms with Gasteiger partial charge in [0.25, 0.3) is 5.91 Å². The molecule has 0 saturated heterocycles. The Hall–Kier alpha value is -3.08. The fourth-order valence-corrected chi connectivity index (χ4v) is 2.81. The van der Waals surface area contributed by atoms with Crippen LogP contribution in [0.1, 0.15) is 32.7 Å². The van der Waals surface area contributed by atoms with Gasteiger partial charge in [-0.25, -0.2) is 0 Å². The van der Waals surface area contributed by atoms with Crippen LogP contribution in [0.2, 0.25) is 0 Å². The molecule has 1 amide bonds. The van der Waals surface area contributed by atoms with Gasteiger partial charge in [-0.3, -0.25) is 9.89 Å². The van der Waals surface area contributed by atoms with Crippen molar-refractivity contribution >= 4 is 11.7 Å². The molecule has 134 valence electrons. The molecule has 0 saturated carbocycles. The number of amides is 1. The zero-order valence-electron chi connectivity index (χ0n) is 15.3. The number of H-pyrrole nitrogens is 1. The SMILES string of the molecule is COc1cc(C)cc(CCc2cc(NC(=O)c3ccc(C)cc3)n[nH]2)c1. The van der Waals surface area contributed by atoms with Gasteiger partial charge in [0.1, 0.15) is 5.75 Å². The summed E-state index contributed by atoms with van der Waals surface area (Å²) in [5, 5.41) is 9.99. The van der Waals surface area contributed by atoms with E-state index in [1.165, 1.54) is 11.1 Å². The molecule has 0 bridgehead atoms. The highest BCUT2D eigenvalue weighted by Crippen LogP contribution is 2.18. The molecule has 0 fully saturated rings. The summed E-state index contributed by atoms with van der Waals surface area (Å²) in [6.07, 6.45) is 1.67. The summed E-state index contributed by atoms with van der Waals surface area (Å²) >= 11 is 0. The zero-order chi connectivity index (χ0) is 18.5. The van der Waals surface area contributed by atoms with Crippen molar-refractivity contribution in [2.75, 3.05) is 12.4 Å². The first kappa shape index (κ1) is 17.7. The van der Waals surface area contributed by atoms with Gasteiger partial charge in [0, 0.05) is 17.3 Å². The van der Waals surface area contributed by atoms with Crippen molar-refractivity contribution in [1.29, 1.82) is 0 Å². The highest BCUT2D eigenvalue weighted by molar-refractivity contribution is 6.03.